The molecule has 3 aliphatic rings. The van der Waals surface area contributed by atoms with Gasteiger partial charge in [0.25, 0.3) is 5.91 Å². The van der Waals surface area contributed by atoms with Crippen LogP contribution in [0.3, 0.4) is 0 Å². The highest BCUT2D eigenvalue weighted by atomic mass is 32.1. The summed E-state index contributed by atoms with van der Waals surface area (Å²) in [6.45, 7) is 6.16. The molecule has 0 saturated heterocycles. The standard InChI is InChI=1S/C36H36FN5O3S/c1-19(2)16-26-28(35(44)45-4)29(30-32(40-26)36(3,42-34(30)43)18-20-7-9-22(37)10-8-20)27-17-21-13-15-39-33(31(21)46-27)41-25-12-11-24-23(25)6-5-14-38-24/h5-10,13-15,17,19,25,29,40H,11-12,16,18H2,1-4H3,(H,39,41)(H,42,43)/t25?,29?,36-/m0/s1. The molecular formula is C36H36FN5O3S. The van der Waals surface area contributed by atoms with Crippen molar-refractivity contribution >= 4 is 39.1 Å². The van der Waals surface area contributed by atoms with E-state index in [2.05, 4.69) is 46.9 Å². The molecule has 0 radical (unpaired) electrons. The molecule has 3 N–H and O–H groups in total. The normalized spacial score (nSPS) is 22.2. The number of nitrogens with one attached hydrogen (secondary N) is 3. The number of carbonyl (C=O) groups excluding carboxylic acids is 2. The number of dihydropyridines is 1. The SMILES string of the molecule is COC(=O)C1=C(CC(C)C)NC2=C(C(=O)N[C@@]2(C)Cc2ccc(F)cc2)C1c1cc2ccnc(NC3CCc4ncccc43)c2s1. The molecule has 2 unspecified atom stereocenters. The number of halogens is 1. The minimum absolute atomic E-state index is 0.0940. The highest BCUT2D eigenvalue weighted by Crippen LogP contribution is 2.49. The number of aryl methyl sites for hydroxylation is 1. The summed E-state index contributed by atoms with van der Waals surface area (Å²) in [5, 5.41) is 11.4. The molecule has 5 heterocycles. The summed E-state index contributed by atoms with van der Waals surface area (Å²) < 4.78 is 20.1. The molecule has 8 nitrogen and oxygen atoms in total. The van der Waals surface area contributed by atoms with Gasteiger partial charge in [0.2, 0.25) is 0 Å². The average molecular weight is 638 g/mol. The highest BCUT2D eigenvalue weighted by Gasteiger charge is 2.50. The lowest BCUT2D eigenvalue weighted by Gasteiger charge is -2.35. The third-order valence-corrected chi connectivity index (χ3v) is 10.4. The number of methoxy groups -OCH3 is 1. The second-order valence-corrected chi connectivity index (χ2v) is 14.0. The summed E-state index contributed by atoms with van der Waals surface area (Å²) in [7, 11) is 1.38. The van der Waals surface area contributed by atoms with Gasteiger partial charge in [0, 0.05) is 35.1 Å². The van der Waals surface area contributed by atoms with E-state index in [1.807, 2.05) is 25.3 Å². The van der Waals surface area contributed by atoms with Gasteiger partial charge in [0.15, 0.2) is 0 Å². The molecule has 1 aromatic carbocycles. The first kappa shape index (κ1) is 30.1. The predicted molar refractivity (Wildman–Crippen MR) is 177 cm³/mol. The summed E-state index contributed by atoms with van der Waals surface area (Å²) in [6.07, 6.45) is 6.49. The first-order valence-electron chi connectivity index (χ1n) is 15.6. The van der Waals surface area contributed by atoms with E-state index in [1.165, 1.54) is 36.1 Å². The fourth-order valence-electron chi connectivity index (χ4n) is 7.11. The summed E-state index contributed by atoms with van der Waals surface area (Å²) >= 11 is 1.54. The molecule has 3 aromatic heterocycles. The van der Waals surface area contributed by atoms with Crippen molar-refractivity contribution in [3.8, 4) is 0 Å². The minimum Gasteiger partial charge on any atom is -0.466 e. The van der Waals surface area contributed by atoms with Crippen molar-refractivity contribution in [1.82, 2.24) is 20.6 Å². The predicted octanol–water partition coefficient (Wildman–Crippen LogP) is 6.48. The smallest absolute Gasteiger partial charge is 0.336 e. The first-order valence-corrected chi connectivity index (χ1v) is 16.5. The fraction of sp³-hybridized carbons (Fsp3) is 0.333. The van der Waals surface area contributed by atoms with Crippen LogP contribution in [-0.2, 0) is 27.2 Å². The van der Waals surface area contributed by atoms with E-state index in [4.69, 9.17) is 9.72 Å². The van der Waals surface area contributed by atoms with E-state index < -0.39 is 17.4 Å². The van der Waals surface area contributed by atoms with Crippen molar-refractivity contribution in [3.05, 3.63) is 111 Å². The number of ether oxygens (including phenoxy) is 1. The van der Waals surface area contributed by atoms with Crippen LogP contribution in [0.25, 0.3) is 10.1 Å². The van der Waals surface area contributed by atoms with Crippen LogP contribution in [0.4, 0.5) is 10.2 Å². The Balaban J connectivity index is 1.35. The van der Waals surface area contributed by atoms with Crippen LogP contribution < -0.4 is 16.0 Å². The van der Waals surface area contributed by atoms with Gasteiger partial charge in [0.1, 0.15) is 11.6 Å². The number of esters is 1. The molecule has 0 saturated carbocycles. The molecule has 236 valence electrons. The van der Waals surface area contributed by atoms with E-state index in [1.54, 1.807) is 18.3 Å². The van der Waals surface area contributed by atoms with Gasteiger partial charge in [-0.25, -0.2) is 14.2 Å². The van der Waals surface area contributed by atoms with Crippen LogP contribution in [0.5, 0.6) is 0 Å². The van der Waals surface area contributed by atoms with Crippen LogP contribution >= 0.6 is 11.3 Å². The number of aromatic nitrogens is 2. The van der Waals surface area contributed by atoms with Crippen LogP contribution in [-0.4, -0.2) is 34.5 Å². The summed E-state index contributed by atoms with van der Waals surface area (Å²) in [5.74, 6) is -0.679. The maximum Gasteiger partial charge on any atom is 0.336 e. The zero-order valence-electron chi connectivity index (χ0n) is 26.2. The van der Waals surface area contributed by atoms with Crippen molar-refractivity contribution in [3.63, 3.8) is 0 Å². The lowest BCUT2D eigenvalue weighted by molar-refractivity contribution is -0.136. The molecule has 10 heteroatoms. The van der Waals surface area contributed by atoms with Gasteiger partial charge in [-0.05, 0) is 78.9 Å². The molecule has 2 aliphatic heterocycles. The number of amides is 1. The molecule has 46 heavy (non-hydrogen) atoms. The van der Waals surface area contributed by atoms with Crippen molar-refractivity contribution in [2.45, 2.75) is 64.0 Å². The van der Waals surface area contributed by atoms with Crippen LogP contribution in [0.1, 0.15) is 67.3 Å². The van der Waals surface area contributed by atoms with Gasteiger partial charge >= 0.3 is 5.97 Å². The van der Waals surface area contributed by atoms with Crippen LogP contribution in [0.2, 0.25) is 0 Å². The second-order valence-electron chi connectivity index (χ2n) is 12.9. The van der Waals surface area contributed by atoms with Gasteiger partial charge in [-0.1, -0.05) is 32.0 Å². The number of carbonyl (C=O) groups is 2. The van der Waals surface area contributed by atoms with Crippen LogP contribution in [0.15, 0.2) is 83.5 Å². The summed E-state index contributed by atoms with van der Waals surface area (Å²) in [6, 6.07) is 14.5. The fourth-order valence-corrected chi connectivity index (χ4v) is 8.34. The van der Waals surface area contributed by atoms with E-state index in [0.717, 1.165) is 56.3 Å². The monoisotopic (exact) mass is 637 g/mol. The van der Waals surface area contributed by atoms with E-state index >= 15 is 0 Å². The summed E-state index contributed by atoms with van der Waals surface area (Å²) in [5.41, 5.74) is 4.80. The molecule has 7 rings (SSSR count). The number of allylic oxidation sites excluding steroid dienone is 1. The molecule has 0 bridgehead atoms. The number of fused-ring (bicyclic) bond motifs is 2. The van der Waals surface area contributed by atoms with Crippen molar-refractivity contribution in [1.29, 1.82) is 0 Å². The van der Waals surface area contributed by atoms with Crippen molar-refractivity contribution in [2.75, 3.05) is 12.4 Å². The Labute approximate surface area is 271 Å². The summed E-state index contributed by atoms with van der Waals surface area (Å²) in [4.78, 5) is 37.7. The lowest BCUT2D eigenvalue weighted by Crippen LogP contribution is -2.47. The quantitative estimate of drug-likeness (QED) is 0.190. The van der Waals surface area contributed by atoms with Gasteiger partial charge in [-0.15, -0.1) is 11.3 Å². The number of benzene rings is 1. The van der Waals surface area contributed by atoms with Gasteiger partial charge < -0.3 is 20.7 Å². The third kappa shape index (κ3) is 5.24. The number of nitrogens with zero attached hydrogens (tertiary/aromatic N) is 2. The van der Waals surface area contributed by atoms with Crippen LogP contribution in [0, 0.1) is 11.7 Å². The Hall–Kier alpha value is -4.57. The van der Waals surface area contributed by atoms with Gasteiger partial charge in [-0.2, -0.15) is 0 Å². The average Bonchev–Trinajstić information content (AvgIpc) is 3.72. The number of anilines is 1. The Morgan fingerprint density at radius 2 is 1.98 bits per heavy atom. The Morgan fingerprint density at radius 3 is 2.74 bits per heavy atom. The maximum atomic E-state index is 14.0. The van der Waals surface area contributed by atoms with E-state index in [9.17, 15) is 14.0 Å². The third-order valence-electron chi connectivity index (χ3n) is 9.14. The molecule has 0 spiro atoms. The van der Waals surface area contributed by atoms with E-state index in [-0.39, 0.29) is 23.7 Å². The van der Waals surface area contributed by atoms with Gasteiger partial charge in [-0.3, -0.25) is 9.78 Å². The largest absolute Gasteiger partial charge is 0.466 e. The number of hydrogen-bond donors (Lipinski definition) is 3. The lowest BCUT2D eigenvalue weighted by atomic mass is 9.79. The van der Waals surface area contributed by atoms with Gasteiger partial charge in [0.05, 0.1) is 46.2 Å². The highest BCUT2D eigenvalue weighted by molar-refractivity contribution is 7.19. The Kier molecular flexibility index (Phi) is 7.63. The number of rotatable bonds is 8. The molecule has 3 atom stereocenters. The molecule has 0 fully saturated rings. The number of pyridine rings is 2. The number of hydrogen-bond acceptors (Lipinski definition) is 8. The zero-order valence-corrected chi connectivity index (χ0v) is 27.1. The Morgan fingerprint density at radius 1 is 1.17 bits per heavy atom. The zero-order chi connectivity index (χ0) is 32.2. The first-order chi connectivity index (χ1) is 22.1. The maximum absolute atomic E-state index is 14.0. The second kappa shape index (κ2) is 11.7. The molecular weight excluding hydrogens is 601 g/mol. The Bertz CT molecular complexity index is 1930. The van der Waals surface area contributed by atoms with Crippen molar-refractivity contribution in [2.24, 2.45) is 5.92 Å². The minimum atomic E-state index is -0.804. The molecule has 1 amide bonds. The molecule has 1 aliphatic carbocycles. The molecule has 4 aromatic rings. The number of thiophene rings is 1. The van der Waals surface area contributed by atoms with E-state index in [0.29, 0.717) is 24.0 Å². The van der Waals surface area contributed by atoms with Crippen molar-refractivity contribution < 1.29 is 18.7 Å². The topological polar surface area (TPSA) is 105 Å².